The maximum atomic E-state index is 6.09. The molecule has 0 aliphatic carbocycles. The Kier molecular flexibility index (Phi) is 10.9. The Labute approximate surface area is 316 Å². The number of aliphatic imine (C=N–C) groups is 2. The van der Waals surface area contributed by atoms with E-state index in [1.54, 1.807) is 14.2 Å². The summed E-state index contributed by atoms with van der Waals surface area (Å²) >= 11 is 0. The highest BCUT2D eigenvalue weighted by Gasteiger charge is 2.11. The Morgan fingerprint density at radius 2 is 0.556 bits per heavy atom. The lowest BCUT2D eigenvalue weighted by Crippen LogP contribution is -2.03. The highest BCUT2D eigenvalue weighted by molar-refractivity contribution is 6.15. The van der Waals surface area contributed by atoms with Gasteiger partial charge >= 0.3 is 0 Å². The van der Waals surface area contributed by atoms with E-state index in [2.05, 4.69) is 62.4 Å². The minimum atomic E-state index is 0.734. The Balaban J connectivity index is 1.16. The molecule has 0 saturated carbocycles. The third-order valence-electron chi connectivity index (χ3n) is 8.83. The van der Waals surface area contributed by atoms with Crippen molar-refractivity contribution in [1.29, 1.82) is 0 Å². The van der Waals surface area contributed by atoms with Crippen molar-refractivity contribution in [2.75, 3.05) is 14.2 Å². The van der Waals surface area contributed by atoms with E-state index in [0.29, 0.717) is 0 Å². The lowest BCUT2D eigenvalue weighted by Gasteiger charge is -2.11. The molecule has 0 unspecified atom stereocenters. The molecular formula is C48H40N2O4. The molecule has 0 N–H and O–H groups in total. The number of hydrogen-bond acceptors (Lipinski definition) is 6. The van der Waals surface area contributed by atoms with Crippen LogP contribution in [0.25, 0.3) is 0 Å². The summed E-state index contributed by atoms with van der Waals surface area (Å²) in [4.78, 5) is 10.3. The van der Waals surface area contributed by atoms with Gasteiger partial charge in [-0.1, -0.05) is 59.7 Å². The number of aryl methyl sites for hydroxylation is 2. The molecule has 0 saturated heterocycles. The maximum absolute atomic E-state index is 6.09. The summed E-state index contributed by atoms with van der Waals surface area (Å²) in [6.45, 7) is 4.17. The molecule has 0 atom stereocenters. The largest absolute Gasteiger partial charge is 0.497 e. The quantitative estimate of drug-likeness (QED) is 0.119. The van der Waals surface area contributed by atoms with Crippen LogP contribution in [0.2, 0.25) is 0 Å². The van der Waals surface area contributed by atoms with Crippen molar-refractivity contribution < 1.29 is 18.9 Å². The van der Waals surface area contributed by atoms with E-state index in [0.717, 1.165) is 79.5 Å². The number of hydrogen-bond donors (Lipinski definition) is 0. The van der Waals surface area contributed by atoms with Crippen molar-refractivity contribution >= 4 is 22.8 Å². The molecular weight excluding hydrogens is 669 g/mol. The second-order valence-electron chi connectivity index (χ2n) is 12.8. The van der Waals surface area contributed by atoms with Crippen LogP contribution in [0.3, 0.4) is 0 Å². The molecule has 6 heteroatoms. The van der Waals surface area contributed by atoms with Crippen LogP contribution in [0.1, 0.15) is 33.4 Å². The fourth-order valence-corrected chi connectivity index (χ4v) is 5.80. The number of benzene rings is 7. The van der Waals surface area contributed by atoms with Gasteiger partial charge in [0.25, 0.3) is 0 Å². The predicted octanol–water partition coefficient (Wildman–Crippen LogP) is 12.2. The summed E-state index contributed by atoms with van der Waals surface area (Å²) in [5, 5.41) is 0. The average Bonchev–Trinajstić information content (AvgIpc) is 3.22. The summed E-state index contributed by atoms with van der Waals surface area (Å²) in [5.41, 5.74) is 9.73. The molecule has 54 heavy (non-hydrogen) atoms. The first-order valence-corrected chi connectivity index (χ1v) is 17.7. The summed E-state index contributed by atoms with van der Waals surface area (Å²) in [7, 11) is 3.30. The lowest BCUT2D eigenvalue weighted by atomic mass is 10.0. The second-order valence-corrected chi connectivity index (χ2v) is 12.8. The molecule has 0 aliphatic rings. The number of methoxy groups -OCH3 is 2. The van der Waals surface area contributed by atoms with E-state index < -0.39 is 0 Å². The fraction of sp³-hybridized carbons (Fsp3) is 0.0833. The molecule has 266 valence electrons. The van der Waals surface area contributed by atoms with E-state index in [4.69, 9.17) is 28.9 Å². The zero-order valence-corrected chi connectivity index (χ0v) is 30.7. The van der Waals surface area contributed by atoms with Gasteiger partial charge in [0, 0.05) is 22.3 Å². The van der Waals surface area contributed by atoms with Gasteiger partial charge < -0.3 is 18.9 Å². The van der Waals surface area contributed by atoms with Gasteiger partial charge in [-0.15, -0.1) is 0 Å². The van der Waals surface area contributed by atoms with E-state index in [-0.39, 0.29) is 0 Å². The molecule has 0 bridgehead atoms. The van der Waals surface area contributed by atoms with Gasteiger partial charge in [-0.3, -0.25) is 0 Å². The SMILES string of the molecule is COc1ccc(Oc2ccc(C(=Nc3ccc(N=C(c4ccc(C)cc4)c4ccc(Oc5ccc(OC)cc5)cc4)cc3)c3ccc(C)cc3)cc2)cc1. The van der Waals surface area contributed by atoms with Crippen molar-refractivity contribution in [2.45, 2.75) is 13.8 Å². The minimum absolute atomic E-state index is 0.734. The third kappa shape index (κ3) is 8.92. The highest BCUT2D eigenvalue weighted by atomic mass is 16.5. The monoisotopic (exact) mass is 708 g/mol. The second kappa shape index (κ2) is 16.6. The van der Waals surface area contributed by atoms with Gasteiger partial charge in [0.05, 0.1) is 37.0 Å². The molecule has 0 spiro atoms. The van der Waals surface area contributed by atoms with Gasteiger partial charge in [-0.2, -0.15) is 0 Å². The first-order valence-electron chi connectivity index (χ1n) is 17.7. The van der Waals surface area contributed by atoms with Crippen LogP contribution in [0, 0.1) is 13.8 Å². The van der Waals surface area contributed by atoms with Crippen molar-refractivity contribution in [3.63, 3.8) is 0 Å². The van der Waals surface area contributed by atoms with Crippen LogP contribution >= 0.6 is 0 Å². The molecule has 0 heterocycles. The molecule has 7 aromatic carbocycles. The molecule has 7 aromatic rings. The zero-order chi connectivity index (χ0) is 37.3. The van der Waals surface area contributed by atoms with Crippen LogP contribution in [0.4, 0.5) is 11.4 Å². The Hall–Kier alpha value is -6.92. The van der Waals surface area contributed by atoms with Gasteiger partial charge in [-0.05, 0) is 135 Å². The number of nitrogens with zero attached hydrogens (tertiary/aromatic N) is 2. The summed E-state index contributed by atoms with van der Waals surface area (Å²) in [6, 6.07) is 56.0. The standard InChI is InChI=1S/C48H40N2O4/c1-33-5-9-35(10-6-33)47(37-13-21-43(22-14-37)53-45-29-25-41(51-3)26-30-45)49-39-17-19-40(20-18-39)50-48(36-11-7-34(2)8-12-36)38-15-23-44(24-16-38)54-46-31-27-42(52-4)28-32-46/h5-32H,1-4H3. The summed E-state index contributed by atoms with van der Waals surface area (Å²) < 4.78 is 22.7. The highest BCUT2D eigenvalue weighted by Crippen LogP contribution is 2.29. The molecule has 0 radical (unpaired) electrons. The van der Waals surface area contributed by atoms with Gasteiger partial charge in [0.15, 0.2) is 0 Å². The first kappa shape index (κ1) is 35.5. The maximum Gasteiger partial charge on any atom is 0.127 e. The molecule has 0 amide bonds. The molecule has 7 rings (SSSR count). The Morgan fingerprint density at radius 1 is 0.315 bits per heavy atom. The van der Waals surface area contributed by atoms with Crippen molar-refractivity contribution in [3.05, 3.63) is 203 Å². The smallest absolute Gasteiger partial charge is 0.127 e. The van der Waals surface area contributed by atoms with Crippen LogP contribution in [-0.4, -0.2) is 25.6 Å². The van der Waals surface area contributed by atoms with E-state index in [9.17, 15) is 0 Å². The van der Waals surface area contributed by atoms with E-state index in [1.165, 1.54) is 11.1 Å². The fourth-order valence-electron chi connectivity index (χ4n) is 5.80. The van der Waals surface area contributed by atoms with Crippen molar-refractivity contribution in [3.8, 4) is 34.5 Å². The van der Waals surface area contributed by atoms with Crippen LogP contribution < -0.4 is 18.9 Å². The van der Waals surface area contributed by atoms with E-state index >= 15 is 0 Å². The van der Waals surface area contributed by atoms with Gasteiger partial charge in [-0.25, -0.2) is 9.98 Å². The molecule has 6 nitrogen and oxygen atoms in total. The van der Waals surface area contributed by atoms with Crippen LogP contribution in [-0.2, 0) is 0 Å². The number of ether oxygens (including phenoxy) is 4. The molecule has 0 fully saturated rings. The van der Waals surface area contributed by atoms with Gasteiger partial charge in [0.2, 0.25) is 0 Å². The average molecular weight is 709 g/mol. The normalized spacial score (nSPS) is 11.6. The lowest BCUT2D eigenvalue weighted by molar-refractivity contribution is 0.413. The van der Waals surface area contributed by atoms with Gasteiger partial charge in [0.1, 0.15) is 34.5 Å². The minimum Gasteiger partial charge on any atom is -0.497 e. The third-order valence-corrected chi connectivity index (χ3v) is 8.83. The van der Waals surface area contributed by atoms with Crippen molar-refractivity contribution in [2.24, 2.45) is 9.98 Å². The first-order chi connectivity index (χ1) is 26.4. The molecule has 0 aliphatic heterocycles. The van der Waals surface area contributed by atoms with Crippen LogP contribution in [0.15, 0.2) is 180 Å². The number of rotatable bonds is 12. The topological polar surface area (TPSA) is 61.6 Å². The van der Waals surface area contributed by atoms with Crippen LogP contribution in [0.5, 0.6) is 34.5 Å². The van der Waals surface area contributed by atoms with E-state index in [1.807, 2.05) is 121 Å². The Bertz CT molecular complexity index is 2170. The zero-order valence-electron chi connectivity index (χ0n) is 30.7. The molecule has 0 aromatic heterocycles. The predicted molar refractivity (Wildman–Crippen MR) is 218 cm³/mol. The Morgan fingerprint density at radius 3 is 0.833 bits per heavy atom. The summed E-state index contributed by atoms with van der Waals surface area (Å²) in [5.74, 6) is 4.51. The van der Waals surface area contributed by atoms with Crippen molar-refractivity contribution in [1.82, 2.24) is 0 Å². The summed E-state index contributed by atoms with van der Waals surface area (Å²) in [6.07, 6.45) is 0.